The van der Waals surface area contributed by atoms with E-state index in [4.69, 9.17) is 0 Å². The minimum Gasteiger partial charge on any atom is -0.359 e. The van der Waals surface area contributed by atoms with Crippen molar-refractivity contribution in [2.75, 3.05) is 20.1 Å². The monoisotopic (exact) mass is 341 g/mol. The smallest absolute Gasteiger partial charge is 0.224 e. The second-order valence-corrected chi connectivity index (χ2v) is 6.25. The number of hydrogen-bond donors (Lipinski definition) is 1. The van der Waals surface area contributed by atoms with Gasteiger partial charge in [0.15, 0.2) is 0 Å². The highest BCUT2D eigenvalue weighted by Crippen LogP contribution is 2.18. The SMILES string of the molecule is CNC(=O)C1CCCN(C(=O)CCc2nncn2-c2ccccc2)C1. The standard InChI is InChI=1S/C18H23N5O2/c1-19-18(25)14-6-5-11-22(12-14)17(24)10-9-16-21-20-13-23(16)15-7-3-2-4-8-15/h2-4,7-8,13-14H,5-6,9-12H2,1H3,(H,19,25). The molecule has 1 unspecified atom stereocenters. The number of nitrogens with zero attached hydrogens (tertiary/aromatic N) is 4. The predicted molar refractivity (Wildman–Crippen MR) is 93.1 cm³/mol. The Hall–Kier alpha value is -2.70. The number of rotatable bonds is 5. The quantitative estimate of drug-likeness (QED) is 0.886. The van der Waals surface area contributed by atoms with E-state index in [-0.39, 0.29) is 17.7 Å². The average Bonchev–Trinajstić information content (AvgIpc) is 3.15. The number of aryl methyl sites for hydroxylation is 1. The van der Waals surface area contributed by atoms with Crippen molar-refractivity contribution in [2.24, 2.45) is 5.92 Å². The van der Waals surface area contributed by atoms with Crippen LogP contribution in [0.5, 0.6) is 0 Å². The van der Waals surface area contributed by atoms with E-state index in [1.54, 1.807) is 18.3 Å². The highest BCUT2D eigenvalue weighted by molar-refractivity contribution is 5.81. The molecule has 1 aromatic carbocycles. The molecule has 1 atom stereocenters. The maximum atomic E-state index is 12.5. The van der Waals surface area contributed by atoms with E-state index in [1.807, 2.05) is 34.9 Å². The first-order valence-electron chi connectivity index (χ1n) is 8.62. The minimum absolute atomic E-state index is 0.0151. The minimum atomic E-state index is -0.101. The molecule has 1 N–H and O–H groups in total. The van der Waals surface area contributed by atoms with Crippen LogP contribution < -0.4 is 5.32 Å². The summed E-state index contributed by atoms with van der Waals surface area (Å²) in [5.74, 6) is 0.743. The molecule has 0 aliphatic carbocycles. The van der Waals surface area contributed by atoms with Crippen LogP contribution in [0.2, 0.25) is 0 Å². The predicted octanol–water partition coefficient (Wildman–Crippen LogP) is 1.18. The van der Waals surface area contributed by atoms with Crippen LogP contribution in [-0.4, -0.2) is 51.6 Å². The van der Waals surface area contributed by atoms with Crippen molar-refractivity contribution >= 4 is 11.8 Å². The number of benzene rings is 1. The highest BCUT2D eigenvalue weighted by Gasteiger charge is 2.27. The average molecular weight is 341 g/mol. The summed E-state index contributed by atoms with van der Waals surface area (Å²) in [7, 11) is 1.64. The molecule has 132 valence electrons. The van der Waals surface area contributed by atoms with Gasteiger partial charge in [-0.3, -0.25) is 14.2 Å². The van der Waals surface area contributed by atoms with Crippen LogP contribution in [0.25, 0.3) is 5.69 Å². The van der Waals surface area contributed by atoms with Crippen LogP contribution in [0.1, 0.15) is 25.1 Å². The Kier molecular flexibility index (Phi) is 5.42. The number of carbonyl (C=O) groups excluding carboxylic acids is 2. The molecule has 1 aromatic heterocycles. The Labute approximate surface area is 147 Å². The zero-order valence-electron chi connectivity index (χ0n) is 14.4. The summed E-state index contributed by atoms with van der Waals surface area (Å²) in [5, 5.41) is 10.8. The highest BCUT2D eigenvalue weighted by atomic mass is 16.2. The van der Waals surface area contributed by atoms with E-state index in [2.05, 4.69) is 15.5 Å². The van der Waals surface area contributed by atoms with Gasteiger partial charge in [0.2, 0.25) is 11.8 Å². The van der Waals surface area contributed by atoms with Gasteiger partial charge in [0.25, 0.3) is 0 Å². The molecule has 0 bridgehead atoms. The fourth-order valence-corrected chi connectivity index (χ4v) is 3.23. The van der Waals surface area contributed by atoms with Crippen molar-refractivity contribution in [1.29, 1.82) is 0 Å². The zero-order valence-corrected chi connectivity index (χ0v) is 14.4. The maximum absolute atomic E-state index is 12.5. The summed E-state index contributed by atoms with van der Waals surface area (Å²) >= 11 is 0. The van der Waals surface area contributed by atoms with E-state index in [0.29, 0.717) is 19.4 Å². The Morgan fingerprint density at radius 1 is 1.28 bits per heavy atom. The summed E-state index contributed by atoms with van der Waals surface area (Å²) in [5.41, 5.74) is 0.979. The van der Waals surface area contributed by atoms with Gasteiger partial charge < -0.3 is 10.2 Å². The number of para-hydroxylation sites is 1. The van der Waals surface area contributed by atoms with E-state index in [9.17, 15) is 9.59 Å². The summed E-state index contributed by atoms with van der Waals surface area (Å²) in [6, 6.07) is 9.82. The fourth-order valence-electron chi connectivity index (χ4n) is 3.23. The van der Waals surface area contributed by atoms with Crippen LogP contribution >= 0.6 is 0 Å². The Balaban J connectivity index is 1.60. The third-order valence-electron chi connectivity index (χ3n) is 4.61. The van der Waals surface area contributed by atoms with Crippen molar-refractivity contribution in [2.45, 2.75) is 25.7 Å². The van der Waals surface area contributed by atoms with E-state index in [0.717, 1.165) is 30.9 Å². The molecule has 0 radical (unpaired) electrons. The third kappa shape index (κ3) is 4.04. The molecule has 2 amide bonds. The van der Waals surface area contributed by atoms with Crippen LogP contribution in [0.15, 0.2) is 36.7 Å². The van der Waals surface area contributed by atoms with Crippen molar-refractivity contribution in [1.82, 2.24) is 25.0 Å². The van der Waals surface area contributed by atoms with Gasteiger partial charge in [-0.15, -0.1) is 10.2 Å². The van der Waals surface area contributed by atoms with Gasteiger partial charge in [0.05, 0.1) is 5.92 Å². The van der Waals surface area contributed by atoms with Gasteiger partial charge in [0, 0.05) is 38.7 Å². The van der Waals surface area contributed by atoms with E-state index >= 15 is 0 Å². The molecule has 7 heteroatoms. The lowest BCUT2D eigenvalue weighted by molar-refractivity contribution is -0.135. The lowest BCUT2D eigenvalue weighted by Gasteiger charge is -2.31. The maximum Gasteiger partial charge on any atom is 0.224 e. The first-order chi connectivity index (χ1) is 12.2. The molecule has 1 saturated heterocycles. The molecular formula is C18H23N5O2. The van der Waals surface area contributed by atoms with E-state index in [1.165, 1.54) is 0 Å². The van der Waals surface area contributed by atoms with E-state index < -0.39 is 0 Å². The Bertz CT molecular complexity index is 728. The van der Waals surface area contributed by atoms with Gasteiger partial charge in [-0.1, -0.05) is 18.2 Å². The van der Waals surface area contributed by atoms with Gasteiger partial charge in [-0.2, -0.15) is 0 Å². The first kappa shape index (κ1) is 17.1. The lowest BCUT2D eigenvalue weighted by Crippen LogP contribution is -2.44. The van der Waals surface area contributed by atoms with Gasteiger partial charge in [-0.05, 0) is 25.0 Å². The first-order valence-corrected chi connectivity index (χ1v) is 8.62. The molecule has 1 aliphatic rings. The number of likely N-dealkylation sites (tertiary alicyclic amines) is 1. The molecule has 2 heterocycles. The molecule has 25 heavy (non-hydrogen) atoms. The molecule has 0 spiro atoms. The van der Waals surface area contributed by atoms with Gasteiger partial charge in [0.1, 0.15) is 12.2 Å². The van der Waals surface area contributed by atoms with Crippen LogP contribution in [0, 0.1) is 5.92 Å². The zero-order chi connectivity index (χ0) is 17.6. The second kappa shape index (κ2) is 7.92. The molecular weight excluding hydrogens is 318 g/mol. The molecule has 1 aliphatic heterocycles. The number of piperidine rings is 1. The second-order valence-electron chi connectivity index (χ2n) is 6.25. The normalized spacial score (nSPS) is 17.3. The third-order valence-corrected chi connectivity index (χ3v) is 4.61. The van der Waals surface area contributed by atoms with Crippen molar-refractivity contribution < 1.29 is 9.59 Å². The van der Waals surface area contributed by atoms with Crippen molar-refractivity contribution in [3.05, 3.63) is 42.5 Å². The Morgan fingerprint density at radius 3 is 2.84 bits per heavy atom. The number of amides is 2. The fraction of sp³-hybridized carbons (Fsp3) is 0.444. The van der Waals surface area contributed by atoms with Crippen LogP contribution in [-0.2, 0) is 16.0 Å². The number of hydrogen-bond acceptors (Lipinski definition) is 4. The summed E-state index contributed by atoms with van der Waals surface area (Å²) in [4.78, 5) is 26.1. The number of nitrogens with one attached hydrogen (secondary N) is 1. The number of carbonyl (C=O) groups is 2. The van der Waals surface area contributed by atoms with Gasteiger partial charge in [-0.25, -0.2) is 0 Å². The molecule has 7 nitrogen and oxygen atoms in total. The number of aromatic nitrogens is 3. The summed E-state index contributed by atoms with van der Waals surface area (Å²) in [6.45, 7) is 1.22. The molecule has 2 aromatic rings. The molecule has 1 fully saturated rings. The molecule has 3 rings (SSSR count). The Morgan fingerprint density at radius 2 is 2.08 bits per heavy atom. The summed E-state index contributed by atoms with van der Waals surface area (Å²) < 4.78 is 1.90. The van der Waals surface area contributed by atoms with Crippen molar-refractivity contribution in [3.8, 4) is 5.69 Å². The van der Waals surface area contributed by atoms with Crippen LogP contribution in [0.4, 0.5) is 0 Å². The topological polar surface area (TPSA) is 80.1 Å². The summed E-state index contributed by atoms with van der Waals surface area (Å²) in [6.07, 6.45) is 4.26. The molecule has 0 saturated carbocycles. The van der Waals surface area contributed by atoms with Gasteiger partial charge >= 0.3 is 0 Å². The largest absolute Gasteiger partial charge is 0.359 e. The lowest BCUT2D eigenvalue weighted by atomic mass is 9.97. The van der Waals surface area contributed by atoms with Crippen LogP contribution in [0.3, 0.4) is 0 Å². The van der Waals surface area contributed by atoms with Crippen molar-refractivity contribution in [3.63, 3.8) is 0 Å².